The maximum absolute atomic E-state index is 12.6. The molecule has 116 valence electrons. The Labute approximate surface area is 125 Å². The van der Waals surface area contributed by atoms with Crippen molar-refractivity contribution < 1.29 is 4.79 Å². The molecule has 2 aliphatic rings. The number of rotatable bonds is 6. The fourth-order valence-corrected chi connectivity index (χ4v) is 3.74. The highest BCUT2D eigenvalue weighted by Gasteiger charge is 2.37. The Kier molecular flexibility index (Phi) is 4.53. The van der Waals surface area contributed by atoms with Crippen molar-refractivity contribution in [2.75, 3.05) is 6.54 Å². The van der Waals surface area contributed by atoms with E-state index in [9.17, 15) is 4.79 Å². The lowest BCUT2D eigenvalue weighted by molar-refractivity contribution is -0.134. The van der Waals surface area contributed by atoms with Crippen LogP contribution in [0.5, 0.6) is 0 Å². The van der Waals surface area contributed by atoms with Crippen LogP contribution in [-0.2, 0) is 11.3 Å². The molecule has 0 spiro atoms. The van der Waals surface area contributed by atoms with Gasteiger partial charge in [-0.3, -0.25) is 9.48 Å². The van der Waals surface area contributed by atoms with E-state index in [4.69, 9.17) is 0 Å². The molecular weight excluding hydrogens is 266 g/mol. The van der Waals surface area contributed by atoms with Crippen LogP contribution in [-0.4, -0.2) is 50.5 Å². The summed E-state index contributed by atoms with van der Waals surface area (Å²) >= 11 is 0. The van der Waals surface area contributed by atoms with Crippen molar-refractivity contribution in [3.63, 3.8) is 0 Å². The summed E-state index contributed by atoms with van der Waals surface area (Å²) in [5.41, 5.74) is 0. The molecule has 21 heavy (non-hydrogen) atoms. The molecular formula is C15H25N5O. The summed E-state index contributed by atoms with van der Waals surface area (Å²) in [6.45, 7) is 3.64. The number of aryl methyl sites for hydroxylation is 1. The van der Waals surface area contributed by atoms with Crippen LogP contribution in [0.3, 0.4) is 0 Å². The molecule has 0 aliphatic carbocycles. The molecule has 1 N–H and O–H groups in total. The molecule has 6 nitrogen and oxygen atoms in total. The average molecular weight is 291 g/mol. The molecule has 1 amide bonds. The number of nitrogens with one attached hydrogen (secondary N) is 1. The first kappa shape index (κ1) is 14.5. The van der Waals surface area contributed by atoms with Gasteiger partial charge < -0.3 is 10.2 Å². The molecule has 2 saturated heterocycles. The lowest BCUT2D eigenvalue weighted by Crippen LogP contribution is -2.50. The Balaban J connectivity index is 1.59. The highest BCUT2D eigenvalue weighted by atomic mass is 16.2. The zero-order valence-electron chi connectivity index (χ0n) is 12.7. The van der Waals surface area contributed by atoms with E-state index in [-0.39, 0.29) is 5.91 Å². The fraction of sp³-hybridized carbons (Fsp3) is 0.800. The Bertz CT molecular complexity index is 449. The van der Waals surface area contributed by atoms with Gasteiger partial charge in [-0.25, -0.2) is 0 Å². The lowest BCUT2D eigenvalue weighted by Gasteiger charge is -2.38. The molecule has 0 saturated carbocycles. The highest BCUT2D eigenvalue weighted by Crippen LogP contribution is 2.30. The molecule has 1 aromatic heterocycles. The maximum atomic E-state index is 12.6. The van der Waals surface area contributed by atoms with Crippen molar-refractivity contribution in [3.05, 3.63) is 12.4 Å². The maximum Gasteiger partial charge on any atom is 0.224 e. The van der Waals surface area contributed by atoms with Gasteiger partial charge in [-0.2, -0.15) is 0 Å². The minimum Gasteiger partial charge on any atom is -0.340 e. The van der Waals surface area contributed by atoms with E-state index in [0.29, 0.717) is 31.1 Å². The number of piperidine rings is 1. The summed E-state index contributed by atoms with van der Waals surface area (Å²) in [4.78, 5) is 14.7. The Morgan fingerprint density at radius 2 is 2.14 bits per heavy atom. The summed E-state index contributed by atoms with van der Waals surface area (Å²) in [5.74, 6) is 0.263. The Morgan fingerprint density at radius 3 is 2.76 bits per heavy atom. The predicted molar refractivity (Wildman–Crippen MR) is 79.6 cm³/mol. The first-order chi connectivity index (χ1) is 10.3. The molecule has 2 unspecified atom stereocenters. The van der Waals surface area contributed by atoms with E-state index in [1.807, 2.05) is 6.20 Å². The van der Waals surface area contributed by atoms with Crippen LogP contribution in [0.25, 0.3) is 0 Å². The van der Waals surface area contributed by atoms with E-state index < -0.39 is 0 Å². The smallest absolute Gasteiger partial charge is 0.224 e. The van der Waals surface area contributed by atoms with E-state index in [0.717, 1.165) is 25.8 Å². The molecule has 1 aromatic rings. The quantitative estimate of drug-likeness (QED) is 0.855. The minimum absolute atomic E-state index is 0.263. The van der Waals surface area contributed by atoms with E-state index in [1.54, 1.807) is 10.9 Å². The lowest BCUT2D eigenvalue weighted by atomic mass is 9.97. The summed E-state index contributed by atoms with van der Waals surface area (Å²) in [7, 11) is 0. The third-order valence-corrected chi connectivity index (χ3v) is 4.70. The minimum atomic E-state index is 0.263. The molecule has 0 aromatic carbocycles. The van der Waals surface area contributed by atoms with Crippen molar-refractivity contribution in [1.29, 1.82) is 0 Å². The van der Waals surface area contributed by atoms with Crippen LogP contribution in [0, 0.1) is 0 Å². The number of hydrogen-bond acceptors (Lipinski definition) is 4. The molecule has 2 bridgehead atoms. The van der Waals surface area contributed by atoms with E-state index >= 15 is 0 Å². The normalized spacial score (nSPS) is 27.8. The molecule has 3 heterocycles. The van der Waals surface area contributed by atoms with Gasteiger partial charge in [0.25, 0.3) is 0 Å². The van der Waals surface area contributed by atoms with Gasteiger partial charge in [-0.15, -0.1) is 5.10 Å². The van der Waals surface area contributed by atoms with Gasteiger partial charge in [0.1, 0.15) is 0 Å². The standard InChI is InChI=1S/C15H25N5O/c1-2-7-20(14-10-12-3-4-13(11-14)17-12)15(21)5-8-19-9-6-16-18-19/h6,9,12-14,17H,2-5,7-8,10-11H2,1H3. The van der Waals surface area contributed by atoms with Crippen molar-refractivity contribution in [3.8, 4) is 0 Å². The second-order valence-electron chi connectivity index (χ2n) is 6.27. The number of amides is 1. The first-order valence-corrected chi connectivity index (χ1v) is 8.16. The van der Waals surface area contributed by atoms with Gasteiger partial charge in [0.05, 0.1) is 12.7 Å². The van der Waals surface area contributed by atoms with E-state index in [2.05, 4.69) is 27.5 Å². The predicted octanol–water partition coefficient (Wildman–Crippen LogP) is 1.19. The topological polar surface area (TPSA) is 63.1 Å². The summed E-state index contributed by atoms with van der Waals surface area (Å²) in [6.07, 6.45) is 9.78. The molecule has 2 fully saturated rings. The molecule has 3 rings (SSSR count). The van der Waals surface area contributed by atoms with Gasteiger partial charge >= 0.3 is 0 Å². The van der Waals surface area contributed by atoms with Gasteiger partial charge in [0.2, 0.25) is 5.91 Å². The molecule has 6 heteroatoms. The van der Waals surface area contributed by atoms with Crippen molar-refractivity contribution in [2.24, 2.45) is 0 Å². The number of hydrogen-bond donors (Lipinski definition) is 1. The third-order valence-electron chi connectivity index (χ3n) is 4.70. The number of aromatic nitrogens is 3. The SMILES string of the molecule is CCCN(C(=O)CCn1ccnn1)C1CC2CCC(C1)N2. The van der Waals surface area contributed by atoms with Crippen LogP contribution >= 0.6 is 0 Å². The Hall–Kier alpha value is -1.43. The summed E-state index contributed by atoms with van der Waals surface area (Å²) < 4.78 is 1.73. The van der Waals surface area contributed by atoms with Crippen LogP contribution in [0.15, 0.2) is 12.4 Å². The van der Waals surface area contributed by atoms with Crippen molar-refractivity contribution >= 4 is 5.91 Å². The largest absolute Gasteiger partial charge is 0.340 e. The number of nitrogens with zero attached hydrogens (tertiary/aromatic N) is 4. The first-order valence-electron chi connectivity index (χ1n) is 8.16. The fourth-order valence-electron chi connectivity index (χ4n) is 3.74. The second-order valence-corrected chi connectivity index (χ2v) is 6.27. The third kappa shape index (κ3) is 3.43. The van der Waals surface area contributed by atoms with Crippen molar-refractivity contribution in [2.45, 2.75) is 70.1 Å². The number of fused-ring (bicyclic) bond motifs is 2. The highest BCUT2D eigenvalue weighted by molar-refractivity contribution is 5.76. The monoisotopic (exact) mass is 291 g/mol. The molecule has 2 aliphatic heterocycles. The number of carbonyl (C=O) groups is 1. The van der Waals surface area contributed by atoms with Gasteiger partial charge in [0.15, 0.2) is 0 Å². The summed E-state index contributed by atoms with van der Waals surface area (Å²) in [5, 5.41) is 11.4. The van der Waals surface area contributed by atoms with Gasteiger partial charge in [0, 0.05) is 37.3 Å². The Morgan fingerprint density at radius 1 is 1.38 bits per heavy atom. The molecule has 2 atom stereocenters. The van der Waals surface area contributed by atoms with Crippen molar-refractivity contribution in [1.82, 2.24) is 25.2 Å². The van der Waals surface area contributed by atoms with Crippen LogP contribution in [0.4, 0.5) is 0 Å². The molecule has 0 radical (unpaired) electrons. The van der Waals surface area contributed by atoms with Gasteiger partial charge in [-0.1, -0.05) is 12.1 Å². The number of carbonyl (C=O) groups excluding carboxylic acids is 1. The van der Waals surface area contributed by atoms with Crippen LogP contribution in [0.2, 0.25) is 0 Å². The zero-order valence-corrected chi connectivity index (χ0v) is 12.7. The second kappa shape index (κ2) is 6.56. The van der Waals surface area contributed by atoms with Crippen LogP contribution < -0.4 is 5.32 Å². The van der Waals surface area contributed by atoms with Crippen LogP contribution in [0.1, 0.15) is 45.4 Å². The average Bonchev–Trinajstić information content (AvgIpc) is 3.12. The van der Waals surface area contributed by atoms with Gasteiger partial charge in [-0.05, 0) is 32.1 Å². The van der Waals surface area contributed by atoms with E-state index in [1.165, 1.54) is 12.8 Å². The summed E-state index contributed by atoms with van der Waals surface area (Å²) in [6, 6.07) is 1.67. The zero-order chi connectivity index (χ0) is 14.7.